The first-order valence-corrected chi connectivity index (χ1v) is 8.58. The molecule has 0 aliphatic carbocycles. The maximum atomic E-state index is 12.7. The predicted molar refractivity (Wildman–Crippen MR) is 90.9 cm³/mol. The van der Waals surface area contributed by atoms with Crippen LogP contribution in [0, 0.1) is 5.92 Å². The number of halogens is 1. The molecule has 5 rings (SSSR count). The molecule has 0 saturated carbocycles. The van der Waals surface area contributed by atoms with Gasteiger partial charge in [0, 0.05) is 28.6 Å². The first-order chi connectivity index (χ1) is 10.9. The lowest BCUT2D eigenvalue weighted by Gasteiger charge is -2.56. The average Bonchev–Trinajstić information content (AvgIpc) is 2.90. The van der Waals surface area contributed by atoms with E-state index in [9.17, 15) is 4.79 Å². The number of furan rings is 1. The van der Waals surface area contributed by atoms with Crippen molar-refractivity contribution in [1.29, 1.82) is 0 Å². The van der Waals surface area contributed by atoms with Crippen LogP contribution in [0.1, 0.15) is 37.0 Å². The summed E-state index contributed by atoms with van der Waals surface area (Å²) in [4.78, 5) is 15.2. The van der Waals surface area contributed by atoms with Gasteiger partial charge in [0.05, 0.1) is 0 Å². The Bertz CT molecular complexity index is 759. The number of amides is 1. The van der Waals surface area contributed by atoms with Crippen molar-refractivity contribution in [2.75, 3.05) is 13.1 Å². The third-order valence-corrected chi connectivity index (χ3v) is 5.81. The van der Waals surface area contributed by atoms with Gasteiger partial charge in [-0.05, 0) is 75.5 Å². The number of hydrogen-bond acceptors (Lipinski definition) is 3. The van der Waals surface area contributed by atoms with Crippen molar-refractivity contribution in [2.45, 2.75) is 38.3 Å². The number of carbonyl (C=O) groups is 1. The first kappa shape index (κ1) is 15.0. The van der Waals surface area contributed by atoms with E-state index in [4.69, 9.17) is 16.0 Å². The SMILES string of the molecule is CC1(C)[C@@H](NC(=O)c2ccc3oc(Cl)cc3c2)C2CCN1CC2. The summed E-state index contributed by atoms with van der Waals surface area (Å²) in [5.74, 6) is 0.557. The summed E-state index contributed by atoms with van der Waals surface area (Å²) in [5.41, 5.74) is 1.37. The summed E-state index contributed by atoms with van der Waals surface area (Å²) >= 11 is 5.88. The minimum Gasteiger partial charge on any atom is -0.445 e. The van der Waals surface area contributed by atoms with Crippen LogP contribution >= 0.6 is 11.6 Å². The summed E-state index contributed by atoms with van der Waals surface area (Å²) in [6.07, 6.45) is 2.34. The van der Waals surface area contributed by atoms with Gasteiger partial charge in [0.15, 0.2) is 5.22 Å². The molecule has 1 atom stereocenters. The van der Waals surface area contributed by atoms with Crippen LogP contribution in [0.2, 0.25) is 5.22 Å². The van der Waals surface area contributed by atoms with Crippen LogP contribution in [0.15, 0.2) is 28.7 Å². The molecule has 0 spiro atoms. The molecule has 1 amide bonds. The zero-order chi connectivity index (χ0) is 16.2. The Morgan fingerprint density at radius 1 is 1.30 bits per heavy atom. The number of carbonyl (C=O) groups excluding carboxylic acids is 1. The minimum absolute atomic E-state index is 0.0138. The highest BCUT2D eigenvalue weighted by molar-refractivity contribution is 6.29. The molecule has 0 radical (unpaired) electrons. The molecule has 3 aliphatic rings. The third kappa shape index (κ3) is 2.45. The van der Waals surface area contributed by atoms with Crippen molar-refractivity contribution in [1.82, 2.24) is 10.2 Å². The number of nitrogens with one attached hydrogen (secondary N) is 1. The highest BCUT2D eigenvalue weighted by atomic mass is 35.5. The van der Waals surface area contributed by atoms with Crippen LogP contribution in [-0.4, -0.2) is 35.5 Å². The Morgan fingerprint density at radius 2 is 2.04 bits per heavy atom. The fraction of sp³-hybridized carbons (Fsp3) is 0.500. The second-order valence-corrected chi connectivity index (χ2v) is 7.60. The van der Waals surface area contributed by atoms with E-state index in [0.29, 0.717) is 22.3 Å². The van der Waals surface area contributed by atoms with Crippen LogP contribution in [0.25, 0.3) is 11.0 Å². The Kier molecular flexibility index (Phi) is 3.43. The van der Waals surface area contributed by atoms with Crippen molar-refractivity contribution in [3.05, 3.63) is 35.0 Å². The maximum Gasteiger partial charge on any atom is 0.251 e. The molecule has 3 aliphatic heterocycles. The van der Waals surface area contributed by atoms with Crippen molar-refractivity contribution in [3.8, 4) is 0 Å². The molecule has 1 aromatic carbocycles. The molecule has 122 valence electrons. The van der Waals surface area contributed by atoms with Crippen LogP contribution in [0.4, 0.5) is 0 Å². The second-order valence-electron chi connectivity index (χ2n) is 7.23. The van der Waals surface area contributed by atoms with Gasteiger partial charge in [0.2, 0.25) is 0 Å². The van der Waals surface area contributed by atoms with Crippen LogP contribution < -0.4 is 5.32 Å². The highest BCUT2D eigenvalue weighted by Gasteiger charge is 2.48. The lowest BCUT2D eigenvalue weighted by Crippen LogP contribution is -2.69. The Balaban J connectivity index is 1.58. The molecule has 1 aromatic heterocycles. The average molecular weight is 333 g/mol. The summed E-state index contributed by atoms with van der Waals surface area (Å²) in [6.45, 7) is 6.76. The van der Waals surface area contributed by atoms with Crippen molar-refractivity contribution < 1.29 is 9.21 Å². The van der Waals surface area contributed by atoms with E-state index in [1.165, 1.54) is 12.8 Å². The van der Waals surface area contributed by atoms with Gasteiger partial charge >= 0.3 is 0 Å². The first-order valence-electron chi connectivity index (χ1n) is 8.20. The monoisotopic (exact) mass is 332 g/mol. The van der Waals surface area contributed by atoms with Crippen LogP contribution in [-0.2, 0) is 0 Å². The smallest absolute Gasteiger partial charge is 0.251 e. The molecular formula is C18H21ClN2O2. The molecule has 2 aromatic rings. The van der Waals surface area contributed by atoms with Crippen LogP contribution in [0.3, 0.4) is 0 Å². The second kappa shape index (κ2) is 5.25. The standard InChI is InChI=1S/C18H21ClN2O2/c1-18(2)16(11-5-7-21(18)8-6-11)20-17(22)12-3-4-14-13(9-12)10-15(19)23-14/h3-4,9-11,16H,5-8H2,1-2H3,(H,20,22)/t16-/m0/s1. The number of fused-ring (bicyclic) bond motifs is 4. The molecule has 5 heteroatoms. The summed E-state index contributed by atoms with van der Waals surface area (Å²) in [6, 6.07) is 7.38. The molecule has 3 saturated heterocycles. The zero-order valence-electron chi connectivity index (χ0n) is 13.4. The molecule has 0 unspecified atom stereocenters. The molecule has 4 heterocycles. The van der Waals surface area contributed by atoms with Crippen molar-refractivity contribution in [3.63, 3.8) is 0 Å². The summed E-state index contributed by atoms with van der Waals surface area (Å²) in [7, 11) is 0. The number of piperidine rings is 3. The number of nitrogens with zero attached hydrogens (tertiary/aromatic N) is 1. The van der Waals surface area contributed by atoms with Gasteiger partial charge in [-0.1, -0.05) is 0 Å². The number of hydrogen-bond donors (Lipinski definition) is 1. The van der Waals surface area contributed by atoms with E-state index in [1.54, 1.807) is 18.2 Å². The van der Waals surface area contributed by atoms with E-state index in [-0.39, 0.29) is 17.5 Å². The van der Waals surface area contributed by atoms with Crippen LogP contribution in [0.5, 0.6) is 0 Å². The van der Waals surface area contributed by atoms with Gasteiger partial charge in [0.1, 0.15) is 5.58 Å². The minimum atomic E-state index is -0.0175. The Hall–Kier alpha value is -1.52. The van der Waals surface area contributed by atoms with E-state index in [0.717, 1.165) is 18.5 Å². The molecule has 4 nitrogen and oxygen atoms in total. The zero-order valence-corrected chi connectivity index (χ0v) is 14.2. The van der Waals surface area contributed by atoms with Gasteiger partial charge in [-0.2, -0.15) is 0 Å². The quantitative estimate of drug-likeness (QED) is 0.912. The molecular weight excluding hydrogens is 312 g/mol. The maximum absolute atomic E-state index is 12.7. The van der Waals surface area contributed by atoms with Crippen molar-refractivity contribution >= 4 is 28.5 Å². The van der Waals surface area contributed by atoms with Gasteiger partial charge in [-0.25, -0.2) is 0 Å². The number of rotatable bonds is 2. The van der Waals surface area contributed by atoms with Gasteiger partial charge in [-0.15, -0.1) is 0 Å². The summed E-state index contributed by atoms with van der Waals surface area (Å²) < 4.78 is 5.35. The lowest BCUT2D eigenvalue weighted by molar-refractivity contribution is -0.0378. The molecule has 23 heavy (non-hydrogen) atoms. The normalized spacial score (nSPS) is 28.9. The summed E-state index contributed by atoms with van der Waals surface area (Å²) in [5, 5.41) is 4.48. The molecule has 3 fully saturated rings. The van der Waals surface area contributed by atoms with E-state index in [1.807, 2.05) is 6.07 Å². The fourth-order valence-corrected chi connectivity index (χ4v) is 4.45. The third-order valence-electron chi connectivity index (χ3n) is 5.62. The Morgan fingerprint density at radius 3 is 2.74 bits per heavy atom. The predicted octanol–water partition coefficient (Wildman–Crippen LogP) is 3.69. The van der Waals surface area contributed by atoms with E-state index < -0.39 is 0 Å². The van der Waals surface area contributed by atoms with Gasteiger partial charge in [0.25, 0.3) is 5.91 Å². The fourth-order valence-electron chi connectivity index (χ4n) is 4.25. The largest absolute Gasteiger partial charge is 0.445 e. The van der Waals surface area contributed by atoms with E-state index >= 15 is 0 Å². The highest BCUT2D eigenvalue weighted by Crippen LogP contribution is 2.39. The van der Waals surface area contributed by atoms with E-state index in [2.05, 4.69) is 24.1 Å². The molecule has 1 N–H and O–H groups in total. The van der Waals surface area contributed by atoms with Gasteiger partial charge in [-0.3, -0.25) is 9.69 Å². The number of benzene rings is 1. The lowest BCUT2D eigenvalue weighted by atomic mass is 9.72. The van der Waals surface area contributed by atoms with Crippen molar-refractivity contribution in [2.24, 2.45) is 5.92 Å². The Labute approximate surface area is 140 Å². The molecule has 2 bridgehead atoms. The topological polar surface area (TPSA) is 45.5 Å². The van der Waals surface area contributed by atoms with Gasteiger partial charge < -0.3 is 9.73 Å².